The summed E-state index contributed by atoms with van der Waals surface area (Å²) in [6, 6.07) is 5.94. The Hall–Kier alpha value is -0.810. The summed E-state index contributed by atoms with van der Waals surface area (Å²) in [5, 5.41) is 13.2. The fourth-order valence-corrected chi connectivity index (χ4v) is 2.73. The molecule has 1 aromatic carbocycles. The topological polar surface area (TPSA) is 44.7 Å². The summed E-state index contributed by atoms with van der Waals surface area (Å²) < 4.78 is 5.68. The zero-order valence-corrected chi connectivity index (χ0v) is 12.2. The van der Waals surface area contributed by atoms with Gasteiger partial charge in [0.25, 0.3) is 0 Å². The molecule has 19 heavy (non-hydrogen) atoms. The molecule has 0 bridgehead atoms. The first-order chi connectivity index (χ1) is 9.13. The van der Waals surface area contributed by atoms with Gasteiger partial charge in [-0.3, -0.25) is 0 Å². The molecule has 4 nitrogen and oxygen atoms in total. The van der Waals surface area contributed by atoms with E-state index in [1.54, 1.807) is 0 Å². The molecule has 1 aromatic rings. The van der Waals surface area contributed by atoms with Gasteiger partial charge >= 0.3 is 0 Å². The van der Waals surface area contributed by atoms with Gasteiger partial charge in [0, 0.05) is 30.3 Å². The summed E-state index contributed by atoms with van der Waals surface area (Å²) in [4.78, 5) is 2.26. The predicted octanol–water partition coefficient (Wildman–Crippen LogP) is 1.65. The van der Waals surface area contributed by atoms with E-state index in [-0.39, 0.29) is 18.8 Å². The van der Waals surface area contributed by atoms with E-state index in [0.717, 1.165) is 23.8 Å². The average Bonchev–Trinajstić information content (AvgIpc) is 2.38. The molecule has 1 saturated heterocycles. The molecule has 1 heterocycles. The van der Waals surface area contributed by atoms with Crippen LogP contribution in [0, 0.1) is 0 Å². The Morgan fingerprint density at radius 2 is 2.26 bits per heavy atom. The van der Waals surface area contributed by atoms with Crippen molar-refractivity contribution in [2.45, 2.75) is 25.7 Å². The third kappa shape index (κ3) is 3.60. The first-order valence-electron chi connectivity index (χ1n) is 6.58. The van der Waals surface area contributed by atoms with Crippen LogP contribution < -0.4 is 10.2 Å². The number of aliphatic hydroxyl groups is 1. The smallest absolute Gasteiger partial charge is 0.0984 e. The molecule has 2 atom stereocenters. The van der Waals surface area contributed by atoms with Crippen LogP contribution in [-0.2, 0) is 11.3 Å². The van der Waals surface area contributed by atoms with E-state index in [4.69, 9.17) is 16.3 Å². The van der Waals surface area contributed by atoms with Crippen molar-refractivity contribution >= 4 is 17.3 Å². The van der Waals surface area contributed by atoms with E-state index in [2.05, 4.69) is 10.2 Å². The zero-order valence-electron chi connectivity index (χ0n) is 11.4. The van der Waals surface area contributed by atoms with Crippen LogP contribution in [0.15, 0.2) is 18.2 Å². The van der Waals surface area contributed by atoms with Crippen LogP contribution in [0.1, 0.15) is 12.5 Å². The lowest BCUT2D eigenvalue weighted by Gasteiger charge is -2.38. The highest BCUT2D eigenvalue weighted by molar-refractivity contribution is 6.30. The number of nitrogens with one attached hydrogen (secondary N) is 1. The van der Waals surface area contributed by atoms with Crippen LogP contribution in [0.4, 0.5) is 5.69 Å². The monoisotopic (exact) mass is 284 g/mol. The van der Waals surface area contributed by atoms with Crippen molar-refractivity contribution in [2.24, 2.45) is 0 Å². The molecule has 0 spiro atoms. The highest BCUT2D eigenvalue weighted by atomic mass is 35.5. The molecule has 2 rings (SSSR count). The van der Waals surface area contributed by atoms with Crippen molar-refractivity contribution in [2.75, 3.05) is 31.6 Å². The highest BCUT2D eigenvalue weighted by Crippen LogP contribution is 2.27. The van der Waals surface area contributed by atoms with E-state index in [1.165, 1.54) is 5.56 Å². The molecule has 0 radical (unpaired) electrons. The number of rotatable bonds is 4. The van der Waals surface area contributed by atoms with E-state index in [9.17, 15) is 5.11 Å². The number of ether oxygens (including phenoxy) is 1. The lowest BCUT2D eigenvalue weighted by Crippen LogP contribution is -2.48. The minimum Gasteiger partial charge on any atom is -0.394 e. The molecule has 1 aliphatic rings. The lowest BCUT2D eigenvalue weighted by atomic mass is 10.1. The first kappa shape index (κ1) is 14.6. The summed E-state index contributed by atoms with van der Waals surface area (Å²) >= 11 is 6.07. The summed E-state index contributed by atoms with van der Waals surface area (Å²) in [7, 11) is 1.92. The molecule has 2 unspecified atom stereocenters. The minimum absolute atomic E-state index is 0.0514. The molecular formula is C14H21ClN2O2. The molecule has 2 N–H and O–H groups in total. The van der Waals surface area contributed by atoms with Crippen molar-refractivity contribution in [3.05, 3.63) is 28.8 Å². The van der Waals surface area contributed by atoms with Crippen LogP contribution in [0.3, 0.4) is 0 Å². The molecule has 106 valence electrons. The van der Waals surface area contributed by atoms with E-state index < -0.39 is 0 Å². The lowest BCUT2D eigenvalue weighted by molar-refractivity contribution is -0.0421. The van der Waals surface area contributed by atoms with Gasteiger partial charge in [0.05, 0.1) is 18.8 Å². The Labute approximate surface area is 119 Å². The molecule has 1 fully saturated rings. The van der Waals surface area contributed by atoms with Crippen LogP contribution in [0.25, 0.3) is 0 Å². The van der Waals surface area contributed by atoms with E-state index in [1.807, 2.05) is 32.2 Å². The van der Waals surface area contributed by atoms with Crippen LogP contribution >= 0.6 is 11.6 Å². The number of nitrogens with zero attached hydrogens (tertiary/aromatic N) is 1. The Morgan fingerprint density at radius 1 is 1.47 bits per heavy atom. The maximum Gasteiger partial charge on any atom is 0.0984 e. The van der Waals surface area contributed by atoms with E-state index in [0.29, 0.717) is 6.54 Å². The summed E-state index contributed by atoms with van der Waals surface area (Å²) in [6.07, 6.45) is -0.00845. The van der Waals surface area contributed by atoms with Crippen molar-refractivity contribution < 1.29 is 9.84 Å². The van der Waals surface area contributed by atoms with Gasteiger partial charge in [-0.2, -0.15) is 0 Å². The van der Waals surface area contributed by atoms with Gasteiger partial charge in [-0.1, -0.05) is 11.6 Å². The number of morpholine rings is 1. The SMILES string of the molecule is CNCc1cc(Cl)ccc1N1CC(C)OC(CO)C1. The van der Waals surface area contributed by atoms with Crippen LogP contribution in [0.2, 0.25) is 5.02 Å². The van der Waals surface area contributed by atoms with Gasteiger partial charge in [-0.25, -0.2) is 0 Å². The first-order valence-corrected chi connectivity index (χ1v) is 6.96. The number of hydrogen-bond donors (Lipinski definition) is 2. The Bertz CT molecular complexity index is 428. The van der Waals surface area contributed by atoms with Crippen molar-refractivity contribution in [1.29, 1.82) is 0 Å². The molecule has 0 aromatic heterocycles. The number of benzene rings is 1. The van der Waals surface area contributed by atoms with Gasteiger partial charge in [-0.15, -0.1) is 0 Å². The van der Waals surface area contributed by atoms with Crippen molar-refractivity contribution in [1.82, 2.24) is 5.32 Å². The van der Waals surface area contributed by atoms with Gasteiger partial charge in [0.15, 0.2) is 0 Å². The zero-order chi connectivity index (χ0) is 13.8. The van der Waals surface area contributed by atoms with Gasteiger partial charge in [0.1, 0.15) is 0 Å². The normalized spacial score (nSPS) is 23.7. The molecule has 5 heteroatoms. The molecule has 0 amide bonds. The summed E-state index contributed by atoms with van der Waals surface area (Å²) in [5.74, 6) is 0. The van der Waals surface area contributed by atoms with Crippen LogP contribution in [-0.4, -0.2) is 44.1 Å². The number of aliphatic hydroxyl groups excluding tert-OH is 1. The van der Waals surface area contributed by atoms with E-state index >= 15 is 0 Å². The Balaban J connectivity index is 2.24. The standard InChI is InChI=1S/C14H21ClN2O2/c1-10-7-17(8-13(9-18)19-10)14-4-3-12(15)5-11(14)6-16-2/h3-5,10,13,16,18H,6-9H2,1-2H3. The second-order valence-corrected chi connectivity index (χ2v) is 5.40. The molecule has 1 aliphatic heterocycles. The summed E-state index contributed by atoms with van der Waals surface area (Å²) in [6.45, 7) is 4.39. The Morgan fingerprint density at radius 3 is 2.95 bits per heavy atom. The largest absolute Gasteiger partial charge is 0.394 e. The summed E-state index contributed by atoms with van der Waals surface area (Å²) in [5.41, 5.74) is 2.33. The maximum absolute atomic E-state index is 9.31. The number of hydrogen-bond acceptors (Lipinski definition) is 4. The number of anilines is 1. The third-order valence-corrected chi connectivity index (χ3v) is 3.51. The quantitative estimate of drug-likeness (QED) is 0.882. The number of halogens is 1. The third-order valence-electron chi connectivity index (χ3n) is 3.28. The van der Waals surface area contributed by atoms with Crippen molar-refractivity contribution in [3.8, 4) is 0 Å². The molecule has 0 saturated carbocycles. The maximum atomic E-state index is 9.31. The fourth-order valence-electron chi connectivity index (χ4n) is 2.54. The second-order valence-electron chi connectivity index (χ2n) is 4.96. The molecular weight excluding hydrogens is 264 g/mol. The van der Waals surface area contributed by atoms with Gasteiger partial charge in [0.2, 0.25) is 0 Å². The second kappa shape index (κ2) is 6.57. The molecule has 0 aliphatic carbocycles. The highest BCUT2D eigenvalue weighted by Gasteiger charge is 2.26. The predicted molar refractivity (Wildman–Crippen MR) is 77.8 cm³/mol. The van der Waals surface area contributed by atoms with Crippen molar-refractivity contribution in [3.63, 3.8) is 0 Å². The van der Waals surface area contributed by atoms with Gasteiger partial charge in [-0.05, 0) is 37.7 Å². The Kier molecular flexibility index (Phi) is 5.05. The van der Waals surface area contributed by atoms with Gasteiger partial charge < -0.3 is 20.1 Å². The van der Waals surface area contributed by atoms with Crippen LogP contribution in [0.5, 0.6) is 0 Å². The average molecular weight is 285 g/mol. The minimum atomic E-state index is -0.123. The fraction of sp³-hybridized carbons (Fsp3) is 0.571.